The van der Waals surface area contributed by atoms with Crippen LogP contribution in [0.5, 0.6) is 0 Å². The first-order valence-corrected chi connectivity index (χ1v) is 7.15. The van der Waals surface area contributed by atoms with E-state index in [1.165, 1.54) is 16.5 Å². The zero-order valence-corrected chi connectivity index (χ0v) is 12.2. The van der Waals surface area contributed by atoms with Crippen molar-refractivity contribution in [2.45, 2.75) is 26.3 Å². The number of hydrogen-bond donors (Lipinski definition) is 2. The lowest BCUT2D eigenvalue weighted by Gasteiger charge is -2.08. The van der Waals surface area contributed by atoms with Gasteiger partial charge in [0, 0.05) is 43.3 Å². The van der Waals surface area contributed by atoms with Crippen molar-refractivity contribution in [3.05, 3.63) is 36.0 Å². The van der Waals surface area contributed by atoms with Crippen LogP contribution in [-0.2, 0) is 13.5 Å². The number of aryl methyl sites for hydroxylation is 1. The molecule has 2 N–H and O–H groups in total. The maximum atomic E-state index is 3.49. The Bertz CT molecular complexity index is 514. The van der Waals surface area contributed by atoms with Gasteiger partial charge in [-0.1, -0.05) is 32.0 Å². The van der Waals surface area contributed by atoms with Gasteiger partial charge in [-0.05, 0) is 24.6 Å². The molecule has 0 fully saturated rings. The number of hydrogen-bond acceptors (Lipinski definition) is 2. The maximum absolute atomic E-state index is 3.49. The molecule has 3 heteroatoms. The summed E-state index contributed by atoms with van der Waals surface area (Å²) in [5.41, 5.74) is 2.75. The fraction of sp³-hybridized carbons (Fsp3) is 0.500. The second-order valence-electron chi connectivity index (χ2n) is 5.39. The van der Waals surface area contributed by atoms with E-state index in [0.29, 0.717) is 6.04 Å². The van der Waals surface area contributed by atoms with E-state index in [1.807, 2.05) is 0 Å². The lowest BCUT2D eigenvalue weighted by molar-refractivity contribution is 0.557. The third-order valence-electron chi connectivity index (χ3n) is 3.40. The Morgan fingerprint density at radius 1 is 1.11 bits per heavy atom. The van der Waals surface area contributed by atoms with Crippen molar-refractivity contribution in [3.8, 4) is 0 Å². The number of fused-ring (bicyclic) bond motifs is 1. The molecule has 3 nitrogen and oxygen atoms in total. The van der Waals surface area contributed by atoms with Crippen LogP contribution in [0.2, 0.25) is 0 Å². The Hall–Kier alpha value is -1.32. The summed E-state index contributed by atoms with van der Waals surface area (Å²) < 4.78 is 2.21. The number of rotatable bonds is 7. The minimum absolute atomic E-state index is 0.569. The molecule has 0 unspecified atom stereocenters. The van der Waals surface area contributed by atoms with Gasteiger partial charge in [-0.2, -0.15) is 0 Å². The molecule has 2 rings (SSSR count). The lowest BCUT2D eigenvalue weighted by Crippen LogP contribution is -2.32. The van der Waals surface area contributed by atoms with Crippen LogP contribution in [0.15, 0.2) is 30.5 Å². The van der Waals surface area contributed by atoms with E-state index < -0.39 is 0 Å². The summed E-state index contributed by atoms with van der Waals surface area (Å²) in [6.07, 6.45) is 3.34. The molecule has 0 bridgehead atoms. The molecule has 0 aliphatic rings. The molecule has 0 saturated heterocycles. The highest BCUT2D eigenvalue weighted by atomic mass is 15.0. The van der Waals surface area contributed by atoms with E-state index in [1.54, 1.807) is 0 Å². The topological polar surface area (TPSA) is 29.0 Å². The second-order valence-corrected chi connectivity index (χ2v) is 5.39. The molecule has 0 spiro atoms. The second kappa shape index (κ2) is 6.73. The van der Waals surface area contributed by atoms with Crippen LogP contribution in [0.4, 0.5) is 0 Å². The maximum Gasteiger partial charge on any atom is 0.0480 e. The summed E-state index contributed by atoms with van der Waals surface area (Å²) in [5, 5.41) is 8.28. The molecule has 104 valence electrons. The molecular weight excluding hydrogens is 234 g/mol. The smallest absolute Gasteiger partial charge is 0.0480 e. The normalized spacial score (nSPS) is 11.6. The summed E-state index contributed by atoms with van der Waals surface area (Å²) in [6, 6.07) is 9.18. The molecule has 2 aromatic rings. The summed E-state index contributed by atoms with van der Waals surface area (Å²) in [6.45, 7) is 7.45. The molecule has 0 aliphatic carbocycles. The lowest BCUT2D eigenvalue weighted by atomic mass is 10.1. The predicted octanol–water partition coefficient (Wildman–Crippen LogP) is 2.31. The van der Waals surface area contributed by atoms with Crippen LogP contribution in [0.3, 0.4) is 0 Å². The highest BCUT2D eigenvalue weighted by Gasteiger charge is 2.04. The van der Waals surface area contributed by atoms with Crippen LogP contribution in [0.1, 0.15) is 19.4 Å². The number of para-hydroxylation sites is 1. The number of benzene rings is 1. The summed E-state index contributed by atoms with van der Waals surface area (Å²) >= 11 is 0. The minimum Gasteiger partial charge on any atom is -0.350 e. The first-order chi connectivity index (χ1) is 9.18. The monoisotopic (exact) mass is 259 g/mol. The van der Waals surface area contributed by atoms with Gasteiger partial charge >= 0.3 is 0 Å². The van der Waals surface area contributed by atoms with E-state index in [-0.39, 0.29) is 0 Å². The highest BCUT2D eigenvalue weighted by Crippen LogP contribution is 2.20. The standard InChI is InChI=1S/C16H25N3/c1-13(2)18-11-10-17-9-8-14-12-19(3)16-7-5-4-6-15(14)16/h4-7,12-13,17-18H,8-11H2,1-3H3. The van der Waals surface area contributed by atoms with Crippen molar-refractivity contribution < 1.29 is 0 Å². The fourth-order valence-corrected chi connectivity index (χ4v) is 2.42. The molecule has 0 atom stereocenters. The molecule has 0 aliphatic heterocycles. The molecule has 0 amide bonds. The van der Waals surface area contributed by atoms with E-state index in [0.717, 1.165) is 26.1 Å². The molecule has 0 saturated carbocycles. The largest absolute Gasteiger partial charge is 0.350 e. The van der Waals surface area contributed by atoms with Gasteiger partial charge in [0.15, 0.2) is 0 Å². The molecular formula is C16H25N3. The third kappa shape index (κ3) is 3.82. The summed E-state index contributed by atoms with van der Waals surface area (Å²) in [5.74, 6) is 0. The molecule has 0 radical (unpaired) electrons. The molecule has 1 heterocycles. The fourth-order valence-electron chi connectivity index (χ4n) is 2.42. The van der Waals surface area contributed by atoms with Crippen LogP contribution >= 0.6 is 0 Å². The van der Waals surface area contributed by atoms with Crippen LogP contribution in [0.25, 0.3) is 10.9 Å². The van der Waals surface area contributed by atoms with Crippen molar-refractivity contribution in [2.24, 2.45) is 7.05 Å². The predicted molar refractivity (Wildman–Crippen MR) is 82.6 cm³/mol. The van der Waals surface area contributed by atoms with Gasteiger partial charge in [-0.25, -0.2) is 0 Å². The summed E-state index contributed by atoms with van der Waals surface area (Å²) in [4.78, 5) is 0. The van der Waals surface area contributed by atoms with Crippen molar-refractivity contribution in [1.29, 1.82) is 0 Å². The summed E-state index contributed by atoms with van der Waals surface area (Å²) in [7, 11) is 2.12. The average Bonchev–Trinajstić information content (AvgIpc) is 2.71. The Morgan fingerprint density at radius 3 is 2.68 bits per heavy atom. The Morgan fingerprint density at radius 2 is 1.89 bits per heavy atom. The van der Waals surface area contributed by atoms with Gasteiger partial charge in [-0.15, -0.1) is 0 Å². The minimum atomic E-state index is 0.569. The highest BCUT2D eigenvalue weighted by molar-refractivity contribution is 5.83. The first kappa shape index (κ1) is 14.1. The van der Waals surface area contributed by atoms with Gasteiger partial charge in [0.25, 0.3) is 0 Å². The quantitative estimate of drug-likeness (QED) is 0.747. The third-order valence-corrected chi connectivity index (χ3v) is 3.40. The Balaban J connectivity index is 1.82. The van der Waals surface area contributed by atoms with Crippen LogP contribution in [0, 0.1) is 0 Å². The first-order valence-electron chi connectivity index (χ1n) is 7.15. The zero-order chi connectivity index (χ0) is 13.7. The average molecular weight is 259 g/mol. The van der Waals surface area contributed by atoms with Gasteiger partial charge in [-0.3, -0.25) is 0 Å². The van der Waals surface area contributed by atoms with Gasteiger partial charge < -0.3 is 15.2 Å². The van der Waals surface area contributed by atoms with Crippen molar-refractivity contribution >= 4 is 10.9 Å². The van der Waals surface area contributed by atoms with Crippen LogP contribution in [-0.4, -0.2) is 30.2 Å². The Labute approximate surface area is 116 Å². The van der Waals surface area contributed by atoms with Crippen molar-refractivity contribution in [3.63, 3.8) is 0 Å². The van der Waals surface area contributed by atoms with Gasteiger partial charge in [0.1, 0.15) is 0 Å². The molecule has 1 aromatic carbocycles. The van der Waals surface area contributed by atoms with E-state index in [9.17, 15) is 0 Å². The SMILES string of the molecule is CC(C)NCCNCCc1cn(C)c2ccccc12. The van der Waals surface area contributed by atoms with Crippen molar-refractivity contribution in [2.75, 3.05) is 19.6 Å². The van der Waals surface area contributed by atoms with Crippen molar-refractivity contribution in [1.82, 2.24) is 15.2 Å². The Kier molecular flexibility index (Phi) is 5.00. The van der Waals surface area contributed by atoms with E-state index in [4.69, 9.17) is 0 Å². The zero-order valence-electron chi connectivity index (χ0n) is 12.2. The number of aromatic nitrogens is 1. The van der Waals surface area contributed by atoms with Gasteiger partial charge in [0.2, 0.25) is 0 Å². The van der Waals surface area contributed by atoms with Gasteiger partial charge in [0.05, 0.1) is 0 Å². The molecule has 19 heavy (non-hydrogen) atoms. The van der Waals surface area contributed by atoms with E-state index in [2.05, 4.69) is 66.6 Å². The number of nitrogens with one attached hydrogen (secondary N) is 2. The van der Waals surface area contributed by atoms with Crippen LogP contribution < -0.4 is 10.6 Å². The van der Waals surface area contributed by atoms with E-state index >= 15 is 0 Å². The number of nitrogens with zero attached hydrogens (tertiary/aromatic N) is 1. The molecule has 1 aromatic heterocycles.